The van der Waals surface area contributed by atoms with Gasteiger partial charge in [-0.15, -0.1) is 13.2 Å². The summed E-state index contributed by atoms with van der Waals surface area (Å²) in [6.07, 6.45) is 2.17. The molecule has 0 radical (unpaired) electrons. The summed E-state index contributed by atoms with van der Waals surface area (Å²) in [6, 6.07) is 6.30. The van der Waals surface area contributed by atoms with Crippen LogP contribution in [-0.4, -0.2) is 53.1 Å². The van der Waals surface area contributed by atoms with E-state index in [1.807, 2.05) is 19.9 Å². The summed E-state index contributed by atoms with van der Waals surface area (Å²) in [5.41, 5.74) is 2.68. The van der Waals surface area contributed by atoms with Crippen molar-refractivity contribution >= 4 is 23.4 Å². The van der Waals surface area contributed by atoms with E-state index in [4.69, 9.17) is 0 Å². The molecule has 9 nitrogen and oxygen atoms in total. The average Bonchev–Trinajstić information content (AvgIpc) is 3.83. The predicted octanol–water partition coefficient (Wildman–Crippen LogP) is 4.32. The standard InChI is InChI=1S/C29H36F3N5O4/c1-16(2)37-23(11-12-34-37)27(39)36-25(24(17-3-4-17)18-5-6-18)28(40)35-20-8-10-21-19(15-20)7-9-22(21)26(38)33-13-14-41-29(30,31)32/h8,10-12,15-18,22,24-25H,3-7,9,13-14H2,1-2H3,(H,33,38)(H,35,40)(H,36,39)/t22?,25-/m0/s1. The normalized spacial score (nSPS) is 19.2. The molecule has 0 spiro atoms. The fourth-order valence-electron chi connectivity index (χ4n) is 6.00. The van der Waals surface area contributed by atoms with Crippen LogP contribution in [0.25, 0.3) is 0 Å². The number of carbonyl (C=O) groups excluding carboxylic acids is 3. The third kappa shape index (κ3) is 7.09. The lowest BCUT2D eigenvalue weighted by molar-refractivity contribution is -0.323. The lowest BCUT2D eigenvalue weighted by Crippen LogP contribution is -2.50. The molecule has 3 amide bonds. The predicted molar refractivity (Wildman–Crippen MR) is 144 cm³/mol. The van der Waals surface area contributed by atoms with Crippen LogP contribution in [0.15, 0.2) is 30.5 Å². The van der Waals surface area contributed by atoms with Crippen molar-refractivity contribution in [3.63, 3.8) is 0 Å². The van der Waals surface area contributed by atoms with E-state index in [9.17, 15) is 27.6 Å². The van der Waals surface area contributed by atoms with E-state index in [0.717, 1.165) is 36.8 Å². The van der Waals surface area contributed by atoms with Gasteiger partial charge in [-0.2, -0.15) is 5.10 Å². The Hall–Kier alpha value is -3.41. The summed E-state index contributed by atoms with van der Waals surface area (Å²) < 4.78 is 41.9. The van der Waals surface area contributed by atoms with Crippen LogP contribution in [0.5, 0.6) is 0 Å². The molecule has 0 saturated heterocycles. The van der Waals surface area contributed by atoms with Crippen LogP contribution in [0.1, 0.15) is 79.5 Å². The minimum absolute atomic E-state index is 0.00812. The summed E-state index contributed by atoms with van der Waals surface area (Å²) in [5, 5.41) is 12.8. The quantitative estimate of drug-likeness (QED) is 0.326. The van der Waals surface area contributed by atoms with Gasteiger partial charge in [-0.05, 0) is 99.5 Å². The van der Waals surface area contributed by atoms with Crippen LogP contribution in [0.2, 0.25) is 0 Å². The number of amides is 3. The van der Waals surface area contributed by atoms with Gasteiger partial charge in [-0.1, -0.05) is 6.07 Å². The first-order valence-corrected chi connectivity index (χ1v) is 14.3. The van der Waals surface area contributed by atoms with Gasteiger partial charge >= 0.3 is 6.36 Å². The van der Waals surface area contributed by atoms with Gasteiger partial charge in [0.1, 0.15) is 11.7 Å². The monoisotopic (exact) mass is 575 g/mol. The van der Waals surface area contributed by atoms with Gasteiger partial charge in [-0.3, -0.25) is 23.8 Å². The van der Waals surface area contributed by atoms with Crippen molar-refractivity contribution in [1.82, 2.24) is 20.4 Å². The molecule has 3 N–H and O–H groups in total. The number of ether oxygens (including phenoxy) is 1. The van der Waals surface area contributed by atoms with Crippen molar-refractivity contribution in [1.29, 1.82) is 0 Å². The highest BCUT2D eigenvalue weighted by atomic mass is 19.4. The van der Waals surface area contributed by atoms with Gasteiger partial charge < -0.3 is 16.0 Å². The third-order valence-electron chi connectivity index (χ3n) is 8.15. The van der Waals surface area contributed by atoms with Crippen LogP contribution < -0.4 is 16.0 Å². The summed E-state index contributed by atoms with van der Waals surface area (Å²) in [7, 11) is 0. The molecule has 2 fully saturated rings. The highest BCUT2D eigenvalue weighted by Gasteiger charge is 2.48. The van der Waals surface area contributed by atoms with Gasteiger partial charge in [0.25, 0.3) is 5.91 Å². The lowest BCUT2D eigenvalue weighted by atomic mass is 9.88. The number of benzene rings is 1. The van der Waals surface area contributed by atoms with Gasteiger partial charge in [0.2, 0.25) is 11.8 Å². The molecule has 3 aliphatic rings. The van der Waals surface area contributed by atoms with E-state index in [1.54, 1.807) is 29.1 Å². The fourth-order valence-corrected chi connectivity index (χ4v) is 6.00. The third-order valence-corrected chi connectivity index (χ3v) is 8.15. The zero-order valence-corrected chi connectivity index (χ0v) is 23.2. The van der Waals surface area contributed by atoms with Gasteiger partial charge in [-0.25, -0.2) is 0 Å². The first-order chi connectivity index (χ1) is 19.5. The van der Waals surface area contributed by atoms with E-state index >= 15 is 0 Å². The first-order valence-electron chi connectivity index (χ1n) is 14.3. The summed E-state index contributed by atoms with van der Waals surface area (Å²) >= 11 is 0. The highest BCUT2D eigenvalue weighted by Crippen LogP contribution is 2.51. The summed E-state index contributed by atoms with van der Waals surface area (Å²) in [4.78, 5) is 39.7. The molecular formula is C29H36F3N5O4. The van der Waals surface area contributed by atoms with Crippen LogP contribution in [0.3, 0.4) is 0 Å². The van der Waals surface area contributed by atoms with Crippen molar-refractivity contribution in [2.24, 2.45) is 17.8 Å². The van der Waals surface area contributed by atoms with E-state index in [2.05, 4.69) is 25.8 Å². The van der Waals surface area contributed by atoms with Crippen molar-refractivity contribution in [2.45, 2.75) is 76.7 Å². The van der Waals surface area contributed by atoms with E-state index in [1.165, 1.54) is 0 Å². The minimum atomic E-state index is -4.73. The van der Waals surface area contributed by atoms with Gasteiger partial charge in [0.05, 0.1) is 12.5 Å². The van der Waals surface area contributed by atoms with Crippen molar-refractivity contribution in [3.8, 4) is 0 Å². The highest BCUT2D eigenvalue weighted by molar-refractivity contribution is 6.01. The van der Waals surface area contributed by atoms with Crippen molar-refractivity contribution in [3.05, 3.63) is 47.3 Å². The average molecular weight is 576 g/mol. The Balaban J connectivity index is 1.26. The number of hydrogen-bond acceptors (Lipinski definition) is 5. The number of alkyl halides is 3. The van der Waals surface area contributed by atoms with Crippen molar-refractivity contribution < 1.29 is 32.3 Å². The molecule has 2 saturated carbocycles. The summed E-state index contributed by atoms with van der Waals surface area (Å²) in [5.74, 6) is -0.540. The number of nitrogens with one attached hydrogen (secondary N) is 3. The van der Waals surface area contributed by atoms with Crippen LogP contribution in [0, 0.1) is 17.8 Å². The molecular weight excluding hydrogens is 539 g/mol. The number of halogens is 3. The number of anilines is 1. The smallest absolute Gasteiger partial charge is 0.353 e. The molecule has 0 bridgehead atoms. The fraction of sp³-hybridized carbons (Fsp3) is 0.586. The maximum absolute atomic E-state index is 13.7. The van der Waals surface area contributed by atoms with Crippen LogP contribution >= 0.6 is 0 Å². The Morgan fingerprint density at radius 3 is 2.41 bits per heavy atom. The Bertz CT molecular complexity index is 1270. The SMILES string of the molecule is CC(C)n1nccc1C(=O)N[C@H](C(=O)Nc1ccc2c(c1)CCC2C(=O)NCCOC(F)(F)F)C(C1CC1)C1CC1. The number of rotatable bonds is 12. The Morgan fingerprint density at radius 2 is 1.78 bits per heavy atom. The molecule has 41 heavy (non-hydrogen) atoms. The molecule has 5 rings (SSSR count). The van der Waals surface area contributed by atoms with Crippen LogP contribution in [0.4, 0.5) is 18.9 Å². The molecule has 1 aromatic carbocycles. The Kier molecular flexibility index (Phi) is 8.40. The first kappa shape index (κ1) is 29.1. The minimum Gasteiger partial charge on any atom is -0.353 e. The molecule has 222 valence electrons. The molecule has 1 aromatic heterocycles. The van der Waals surface area contributed by atoms with Gasteiger partial charge in [0.15, 0.2) is 0 Å². The molecule has 3 aliphatic carbocycles. The second kappa shape index (κ2) is 11.8. The lowest BCUT2D eigenvalue weighted by Gasteiger charge is -2.28. The maximum atomic E-state index is 13.7. The van der Waals surface area contributed by atoms with E-state index in [0.29, 0.717) is 36.1 Å². The van der Waals surface area contributed by atoms with E-state index < -0.39 is 24.9 Å². The number of aryl methyl sites for hydroxylation is 1. The largest absolute Gasteiger partial charge is 0.522 e. The molecule has 1 heterocycles. The molecule has 12 heteroatoms. The Morgan fingerprint density at radius 1 is 1.07 bits per heavy atom. The van der Waals surface area contributed by atoms with Crippen molar-refractivity contribution in [2.75, 3.05) is 18.5 Å². The Labute approximate surface area is 236 Å². The number of hydrogen-bond donors (Lipinski definition) is 3. The maximum Gasteiger partial charge on any atom is 0.522 e. The zero-order chi connectivity index (χ0) is 29.3. The van der Waals surface area contributed by atoms with Gasteiger partial charge in [0, 0.05) is 24.5 Å². The number of aromatic nitrogens is 2. The molecule has 0 aliphatic heterocycles. The molecule has 2 aromatic rings. The topological polar surface area (TPSA) is 114 Å². The van der Waals surface area contributed by atoms with E-state index in [-0.39, 0.29) is 36.2 Å². The number of nitrogens with zero attached hydrogens (tertiary/aromatic N) is 2. The molecule has 1 unspecified atom stereocenters. The number of fused-ring (bicyclic) bond motifs is 1. The van der Waals surface area contributed by atoms with Crippen LogP contribution in [-0.2, 0) is 20.7 Å². The number of carbonyl (C=O) groups is 3. The summed E-state index contributed by atoms with van der Waals surface area (Å²) in [6.45, 7) is 2.98. The zero-order valence-electron chi connectivity index (χ0n) is 23.2. The second-order valence-corrected chi connectivity index (χ2v) is 11.5. The molecule has 2 atom stereocenters. The second-order valence-electron chi connectivity index (χ2n) is 11.5.